The Morgan fingerprint density at radius 3 is 2.80 bits per heavy atom. The zero-order chi connectivity index (χ0) is 10.8. The molecule has 2 rings (SSSR count). The Balaban J connectivity index is 2.51. The van der Waals surface area contributed by atoms with E-state index in [1.165, 1.54) is 6.07 Å². The molecule has 1 aromatic rings. The summed E-state index contributed by atoms with van der Waals surface area (Å²) in [6.45, 7) is 2.86. The second-order valence-corrected chi connectivity index (χ2v) is 3.63. The van der Waals surface area contributed by atoms with E-state index in [0.29, 0.717) is 30.3 Å². The van der Waals surface area contributed by atoms with Crippen molar-refractivity contribution in [2.75, 3.05) is 13.2 Å². The predicted molar refractivity (Wildman–Crippen MR) is 54.6 cm³/mol. The molecule has 1 aromatic carbocycles. The van der Waals surface area contributed by atoms with Gasteiger partial charge in [0.25, 0.3) is 0 Å². The van der Waals surface area contributed by atoms with Crippen molar-refractivity contribution in [3.63, 3.8) is 0 Å². The summed E-state index contributed by atoms with van der Waals surface area (Å²) in [4.78, 5) is 0. The summed E-state index contributed by atoms with van der Waals surface area (Å²) in [5.74, 6) is 0.706. The summed E-state index contributed by atoms with van der Waals surface area (Å²) in [6, 6.07) is 2.55. The lowest BCUT2D eigenvalue weighted by atomic mass is 10.1. The molecule has 1 atom stereocenters. The maximum atomic E-state index is 13.5. The highest BCUT2D eigenvalue weighted by Gasteiger charge is 2.20. The van der Waals surface area contributed by atoms with Crippen LogP contribution in [-0.2, 0) is 0 Å². The van der Waals surface area contributed by atoms with Crippen LogP contribution in [0.1, 0.15) is 24.9 Å². The van der Waals surface area contributed by atoms with Crippen LogP contribution in [0.5, 0.6) is 11.5 Å². The normalized spacial score (nSPS) is 17.0. The van der Waals surface area contributed by atoms with Gasteiger partial charge in [0.05, 0.1) is 18.8 Å². The van der Waals surface area contributed by atoms with Gasteiger partial charge >= 0.3 is 0 Å². The molecule has 0 saturated heterocycles. The third-order valence-electron chi connectivity index (χ3n) is 2.35. The maximum absolute atomic E-state index is 13.5. The monoisotopic (exact) mass is 211 g/mol. The molecule has 2 N–H and O–H groups in total. The van der Waals surface area contributed by atoms with Gasteiger partial charge in [-0.1, -0.05) is 0 Å². The first kappa shape index (κ1) is 10.2. The highest BCUT2D eigenvalue weighted by molar-refractivity contribution is 5.49. The maximum Gasteiger partial charge on any atom is 0.168 e. The van der Waals surface area contributed by atoms with Crippen molar-refractivity contribution < 1.29 is 13.9 Å². The molecule has 82 valence electrons. The molecule has 1 aliphatic heterocycles. The highest BCUT2D eigenvalue weighted by atomic mass is 19.1. The molecule has 0 amide bonds. The fourth-order valence-electron chi connectivity index (χ4n) is 1.66. The van der Waals surface area contributed by atoms with Gasteiger partial charge in [-0.15, -0.1) is 0 Å². The van der Waals surface area contributed by atoms with E-state index in [1.54, 1.807) is 13.0 Å². The molecular formula is C11H14FNO2. The first-order valence-corrected chi connectivity index (χ1v) is 5.03. The van der Waals surface area contributed by atoms with Gasteiger partial charge in [-0.2, -0.15) is 0 Å². The molecule has 3 nitrogen and oxygen atoms in total. The van der Waals surface area contributed by atoms with Gasteiger partial charge < -0.3 is 15.2 Å². The van der Waals surface area contributed by atoms with Crippen molar-refractivity contribution in [2.45, 2.75) is 19.4 Å². The number of hydrogen-bond donors (Lipinski definition) is 1. The van der Waals surface area contributed by atoms with Crippen molar-refractivity contribution in [1.82, 2.24) is 0 Å². The Labute approximate surface area is 88.0 Å². The average molecular weight is 211 g/mol. The summed E-state index contributed by atoms with van der Waals surface area (Å²) in [7, 11) is 0. The van der Waals surface area contributed by atoms with Crippen LogP contribution in [0.25, 0.3) is 0 Å². The molecule has 1 unspecified atom stereocenters. The van der Waals surface area contributed by atoms with E-state index in [2.05, 4.69) is 0 Å². The lowest BCUT2D eigenvalue weighted by Gasteiger charge is -2.15. The standard InChI is InChI=1S/C11H14FNO2/c1-7(13)10-8(12)3-4-9-11(10)15-6-2-5-14-9/h3-4,7H,2,5-6,13H2,1H3. The van der Waals surface area contributed by atoms with Gasteiger partial charge in [-0.25, -0.2) is 4.39 Å². The zero-order valence-corrected chi connectivity index (χ0v) is 8.63. The van der Waals surface area contributed by atoms with E-state index in [1.807, 2.05) is 0 Å². The van der Waals surface area contributed by atoms with Crippen molar-refractivity contribution in [1.29, 1.82) is 0 Å². The van der Waals surface area contributed by atoms with Crippen molar-refractivity contribution in [3.8, 4) is 11.5 Å². The Morgan fingerprint density at radius 1 is 1.33 bits per heavy atom. The van der Waals surface area contributed by atoms with Crippen LogP contribution in [0.3, 0.4) is 0 Å². The van der Waals surface area contributed by atoms with Crippen molar-refractivity contribution in [2.24, 2.45) is 5.73 Å². The van der Waals surface area contributed by atoms with E-state index in [4.69, 9.17) is 15.2 Å². The lowest BCUT2D eigenvalue weighted by molar-refractivity contribution is 0.295. The second-order valence-electron chi connectivity index (χ2n) is 3.63. The molecule has 0 fully saturated rings. The summed E-state index contributed by atoms with van der Waals surface area (Å²) >= 11 is 0. The minimum Gasteiger partial charge on any atom is -0.490 e. The number of fused-ring (bicyclic) bond motifs is 1. The largest absolute Gasteiger partial charge is 0.490 e. The molecule has 0 saturated carbocycles. The van der Waals surface area contributed by atoms with Crippen LogP contribution in [0, 0.1) is 5.82 Å². The SMILES string of the molecule is CC(N)c1c(F)ccc2c1OCCCO2. The number of benzene rings is 1. The van der Waals surface area contributed by atoms with Crippen LogP contribution < -0.4 is 15.2 Å². The fourth-order valence-corrected chi connectivity index (χ4v) is 1.66. The first-order chi connectivity index (χ1) is 7.20. The lowest BCUT2D eigenvalue weighted by Crippen LogP contribution is -2.10. The molecule has 0 radical (unpaired) electrons. The van der Waals surface area contributed by atoms with Gasteiger partial charge in [0.15, 0.2) is 11.5 Å². The second kappa shape index (κ2) is 4.06. The Morgan fingerprint density at radius 2 is 2.07 bits per heavy atom. The minimum absolute atomic E-state index is 0.339. The van der Waals surface area contributed by atoms with Gasteiger partial charge in [0, 0.05) is 12.5 Å². The minimum atomic E-state index is -0.401. The van der Waals surface area contributed by atoms with E-state index in [9.17, 15) is 4.39 Å². The van der Waals surface area contributed by atoms with Crippen LogP contribution in [-0.4, -0.2) is 13.2 Å². The number of rotatable bonds is 1. The predicted octanol–water partition coefficient (Wildman–Crippen LogP) is 2.01. The first-order valence-electron chi connectivity index (χ1n) is 5.03. The molecule has 15 heavy (non-hydrogen) atoms. The fraction of sp³-hybridized carbons (Fsp3) is 0.455. The molecule has 0 aliphatic carbocycles. The quantitative estimate of drug-likeness (QED) is 0.772. The average Bonchev–Trinajstić information content (AvgIpc) is 2.41. The van der Waals surface area contributed by atoms with Gasteiger partial charge in [0.1, 0.15) is 5.82 Å². The number of halogens is 1. The summed E-state index contributed by atoms with van der Waals surface area (Å²) in [6.07, 6.45) is 0.800. The van der Waals surface area contributed by atoms with Crippen LogP contribution in [0.15, 0.2) is 12.1 Å². The molecule has 0 spiro atoms. The van der Waals surface area contributed by atoms with Crippen molar-refractivity contribution in [3.05, 3.63) is 23.5 Å². The summed E-state index contributed by atoms with van der Waals surface area (Å²) < 4.78 is 24.5. The Hall–Kier alpha value is -1.29. The third kappa shape index (κ3) is 1.90. The zero-order valence-electron chi connectivity index (χ0n) is 8.63. The number of ether oxygens (including phenoxy) is 2. The smallest absolute Gasteiger partial charge is 0.168 e. The number of hydrogen-bond acceptors (Lipinski definition) is 3. The molecule has 4 heteroatoms. The van der Waals surface area contributed by atoms with E-state index in [0.717, 1.165) is 6.42 Å². The summed E-state index contributed by atoms with van der Waals surface area (Å²) in [5, 5.41) is 0. The van der Waals surface area contributed by atoms with Gasteiger partial charge in [-0.05, 0) is 19.1 Å². The molecular weight excluding hydrogens is 197 g/mol. The van der Waals surface area contributed by atoms with E-state index >= 15 is 0 Å². The Kier molecular flexibility index (Phi) is 2.77. The van der Waals surface area contributed by atoms with Crippen LogP contribution in [0.4, 0.5) is 4.39 Å². The summed E-state index contributed by atoms with van der Waals surface area (Å²) in [5.41, 5.74) is 6.11. The third-order valence-corrected chi connectivity index (χ3v) is 2.35. The highest BCUT2D eigenvalue weighted by Crippen LogP contribution is 2.37. The van der Waals surface area contributed by atoms with Gasteiger partial charge in [0.2, 0.25) is 0 Å². The van der Waals surface area contributed by atoms with E-state index in [-0.39, 0.29) is 5.82 Å². The van der Waals surface area contributed by atoms with E-state index < -0.39 is 6.04 Å². The van der Waals surface area contributed by atoms with Gasteiger partial charge in [-0.3, -0.25) is 0 Å². The van der Waals surface area contributed by atoms with Crippen LogP contribution in [0.2, 0.25) is 0 Å². The molecule has 1 heterocycles. The topological polar surface area (TPSA) is 44.5 Å². The molecule has 0 aromatic heterocycles. The molecule has 0 bridgehead atoms. The Bertz CT molecular complexity index is 366. The molecule has 1 aliphatic rings. The van der Waals surface area contributed by atoms with Crippen molar-refractivity contribution >= 4 is 0 Å². The number of nitrogens with two attached hydrogens (primary N) is 1. The van der Waals surface area contributed by atoms with Crippen LogP contribution >= 0.6 is 0 Å².